The molecule has 114 valence electrons. The Labute approximate surface area is 124 Å². The molecule has 21 heavy (non-hydrogen) atoms. The summed E-state index contributed by atoms with van der Waals surface area (Å²) in [7, 11) is 0. The first kappa shape index (κ1) is 15.4. The van der Waals surface area contributed by atoms with Gasteiger partial charge in [-0.05, 0) is 18.1 Å². The Balaban J connectivity index is 2.06. The van der Waals surface area contributed by atoms with Gasteiger partial charge in [0, 0.05) is 31.4 Å². The van der Waals surface area contributed by atoms with E-state index in [4.69, 9.17) is 4.74 Å². The maximum Gasteiger partial charge on any atom is 0.272 e. The zero-order chi connectivity index (χ0) is 15.2. The fraction of sp³-hybridized carbons (Fsp3) is 0.533. The number of amides is 2. The van der Waals surface area contributed by atoms with Gasteiger partial charge in [-0.1, -0.05) is 13.8 Å². The molecule has 6 nitrogen and oxygen atoms in total. The molecular weight excluding hydrogens is 270 g/mol. The number of nitrogens with zero attached hydrogens (tertiary/aromatic N) is 2. The Bertz CT molecular complexity index is 511. The average Bonchev–Trinajstić information content (AvgIpc) is 2.52. The van der Waals surface area contributed by atoms with Crippen LogP contribution in [0.1, 0.15) is 34.7 Å². The van der Waals surface area contributed by atoms with E-state index in [2.05, 4.69) is 10.3 Å². The minimum Gasteiger partial charge on any atom is -0.378 e. The van der Waals surface area contributed by atoms with Crippen molar-refractivity contribution < 1.29 is 14.3 Å². The zero-order valence-electron chi connectivity index (χ0n) is 12.5. The van der Waals surface area contributed by atoms with Gasteiger partial charge in [0.1, 0.15) is 5.69 Å². The third kappa shape index (κ3) is 4.26. The molecule has 1 saturated heterocycles. The van der Waals surface area contributed by atoms with Crippen molar-refractivity contribution in [1.82, 2.24) is 15.2 Å². The van der Waals surface area contributed by atoms with E-state index >= 15 is 0 Å². The minimum absolute atomic E-state index is 0.156. The lowest BCUT2D eigenvalue weighted by molar-refractivity contribution is 0.0299. The first-order chi connectivity index (χ1) is 10.1. The molecule has 1 aromatic rings. The second kappa shape index (κ2) is 7.17. The Morgan fingerprint density at radius 1 is 1.38 bits per heavy atom. The fourth-order valence-corrected chi connectivity index (χ4v) is 2.02. The molecule has 1 aliphatic heterocycles. The molecule has 6 heteroatoms. The van der Waals surface area contributed by atoms with E-state index in [0.29, 0.717) is 50.0 Å². The van der Waals surface area contributed by atoms with Crippen LogP contribution in [-0.4, -0.2) is 54.5 Å². The number of rotatable bonds is 4. The molecule has 0 unspecified atom stereocenters. The number of hydrogen-bond acceptors (Lipinski definition) is 4. The van der Waals surface area contributed by atoms with Crippen molar-refractivity contribution in [2.24, 2.45) is 5.92 Å². The van der Waals surface area contributed by atoms with Crippen molar-refractivity contribution in [2.75, 3.05) is 32.8 Å². The summed E-state index contributed by atoms with van der Waals surface area (Å²) >= 11 is 0. The minimum atomic E-state index is -0.179. The molecule has 1 aliphatic rings. The number of aromatic nitrogens is 1. The van der Waals surface area contributed by atoms with Gasteiger partial charge in [0.2, 0.25) is 0 Å². The largest absolute Gasteiger partial charge is 0.378 e. The topological polar surface area (TPSA) is 71.5 Å². The number of carbonyl (C=O) groups is 2. The van der Waals surface area contributed by atoms with Crippen molar-refractivity contribution in [3.05, 3.63) is 29.6 Å². The van der Waals surface area contributed by atoms with Crippen LogP contribution in [0.3, 0.4) is 0 Å². The third-order valence-corrected chi connectivity index (χ3v) is 3.21. The quantitative estimate of drug-likeness (QED) is 0.896. The van der Waals surface area contributed by atoms with Gasteiger partial charge in [-0.25, -0.2) is 0 Å². The summed E-state index contributed by atoms with van der Waals surface area (Å²) in [6.45, 7) is 6.86. The Morgan fingerprint density at radius 3 is 2.76 bits per heavy atom. The van der Waals surface area contributed by atoms with E-state index in [0.717, 1.165) is 0 Å². The molecule has 0 atom stereocenters. The van der Waals surface area contributed by atoms with Crippen molar-refractivity contribution in [3.63, 3.8) is 0 Å². The van der Waals surface area contributed by atoms with E-state index < -0.39 is 0 Å². The van der Waals surface area contributed by atoms with Gasteiger partial charge in [0.15, 0.2) is 0 Å². The smallest absolute Gasteiger partial charge is 0.272 e. The molecule has 0 saturated carbocycles. The Morgan fingerprint density at radius 2 is 2.10 bits per heavy atom. The van der Waals surface area contributed by atoms with E-state index in [1.54, 1.807) is 17.0 Å². The number of hydrogen-bond donors (Lipinski definition) is 1. The van der Waals surface area contributed by atoms with Gasteiger partial charge >= 0.3 is 0 Å². The van der Waals surface area contributed by atoms with Gasteiger partial charge in [-0.15, -0.1) is 0 Å². The first-order valence-electron chi connectivity index (χ1n) is 7.19. The van der Waals surface area contributed by atoms with E-state index in [-0.39, 0.29) is 11.8 Å². The van der Waals surface area contributed by atoms with E-state index in [1.165, 1.54) is 6.20 Å². The molecule has 0 spiro atoms. The van der Waals surface area contributed by atoms with Crippen LogP contribution >= 0.6 is 0 Å². The number of pyridine rings is 1. The number of nitrogens with one attached hydrogen (secondary N) is 1. The summed E-state index contributed by atoms with van der Waals surface area (Å²) in [5.41, 5.74) is 0.761. The predicted octanol–water partition coefficient (Wildman–Crippen LogP) is 0.940. The van der Waals surface area contributed by atoms with Gasteiger partial charge in [0.25, 0.3) is 11.8 Å². The highest BCUT2D eigenvalue weighted by Gasteiger charge is 2.20. The summed E-state index contributed by atoms with van der Waals surface area (Å²) in [6, 6.07) is 3.17. The number of carbonyl (C=O) groups excluding carboxylic acids is 2. The molecular formula is C15H21N3O3. The maximum atomic E-state index is 12.3. The Hall–Kier alpha value is -1.95. The van der Waals surface area contributed by atoms with E-state index in [1.807, 2.05) is 13.8 Å². The monoisotopic (exact) mass is 291 g/mol. The second-order valence-electron chi connectivity index (χ2n) is 5.44. The van der Waals surface area contributed by atoms with Crippen LogP contribution in [0.5, 0.6) is 0 Å². The highest BCUT2D eigenvalue weighted by atomic mass is 16.5. The lowest BCUT2D eigenvalue weighted by Gasteiger charge is -2.26. The van der Waals surface area contributed by atoms with Crippen molar-refractivity contribution in [2.45, 2.75) is 13.8 Å². The molecule has 0 aromatic carbocycles. The summed E-state index contributed by atoms with van der Waals surface area (Å²) in [6.07, 6.45) is 1.50. The molecule has 0 aliphatic carbocycles. The predicted molar refractivity (Wildman–Crippen MR) is 78.1 cm³/mol. The first-order valence-corrected chi connectivity index (χ1v) is 7.19. The molecule has 2 heterocycles. The normalized spacial score (nSPS) is 15.1. The van der Waals surface area contributed by atoms with Gasteiger partial charge in [-0.2, -0.15) is 0 Å². The fourth-order valence-electron chi connectivity index (χ4n) is 2.02. The molecule has 1 fully saturated rings. The summed E-state index contributed by atoms with van der Waals surface area (Å²) < 4.78 is 5.22. The summed E-state index contributed by atoms with van der Waals surface area (Å²) in [4.78, 5) is 30.1. The maximum absolute atomic E-state index is 12.3. The second-order valence-corrected chi connectivity index (χ2v) is 5.44. The van der Waals surface area contributed by atoms with Crippen molar-refractivity contribution >= 4 is 11.8 Å². The average molecular weight is 291 g/mol. The third-order valence-electron chi connectivity index (χ3n) is 3.21. The number of ether oxygens (including phenoxy) is 1. The zero-order valence-corrected chi connectivity index (χ0v) is 12.5. The van der Waals surface area contributed by atoms with Crippen LogP contribution in [0.25, 0.3) is 0 Å². The van der Waals surface area contributed by atoms with Gasteiger partial charge in [-0.3, -0.25) is 14.6 Å². The van der Waals surface area contributed by atoms with Crippen LogP contribution in [0.2, 0.25) is 0 Å². The molecule has 1 N–H and O–H groups in total. The Kier molecular flexibility index (Phi) is 5.27. The van der Waals surface area contributed by atoms with Crippen molar-refractivity contribution in [3.8, 4) is 0 Å². The van der Waals surface area contributed by atoms with E-state index in [9.17, 15) is 9.59 Å². The highest BCUT2D eigenvalue weighted by Crippen LogP contribution is 2.08. The SMILES string of the molecule is CC(C)CNC(=O)c1ccnc(C(=O)N2CCOCC2)c1. The van der Waals surface area contributed by atoms with Crippen molar-refractivity contribution in [1.29, 1.82) is 0 Å². The standard InChI is InChI=1S/C15H21N3O3/c1-11(2)10-17-14(19)12-3-4-16-13(9-12)15(20)18-5-7-21-8-6-18/h3-4,9,11H,5-8,10H2,1-2H3,(H,17,19). The lowest BCUT2D eigenvalue weighted by atomic mass is 10.1. The molecule has 1 aromatic heterocycles. The summed E-state index contributed by atoms with van der Waals surface area (Å²) in [5.74, 6) is 0.0455. The molecule has 0 radical (unpaired) electrons. The summed E-state index contributed by atoms with van der Waals surface area (Å²) in [5, 5.41) is 2.83. The van der Waals surface area contributed by atoms with Crippen LogP contribution in [0, 0.1) is 5.92 Å². The van der Waals surface area contributed by atoms with Gasteiger partial charge in [0.05, 0.1) is 13.2 Å². The highest BCUT2D eigenvalue weighted by molar-refractivity contribution is 5.98. The lowest BCUT2D eigenvalue weighted by Crippen LogP contribution is -2.41. The van der Waals surface area contributed by atoms with Crippen LogP contribution in [-0.2, 0) is 4.74 Å². The van der Waals surface area contributed by atoms with Crippen LogP contribution in [0.15, 0.2) is 18.3 Å². The molecule has 2 rings (SSSR count). The van der Waals surface area contributed by atoms with Gasteiger partial charge < -0.3 is 15.0 Å². The molecule has 0 bridgehead atoms. The number of morpholine rings is 1. The van der Waals surface area contributed by atoms with Crippen LogP contribution < -0.4 is 5.32 Å². The van der Waals surface area contributed by atoms with Crippen LogP contribution in [0.4, 0.5) is 0 Å². The molecule has 2 amide bonds.